The van der Waals surface area contributed by atoms with Gasteiger partial charge in [-0.15, -0.1) is 11.3 Å². The molecule has 0 atom stereocenters. The number of nitrogens with one attached hydrogen (secondary N) is 2. The van der Waals surface area contributed by atoms with E-state index in [0.717, 1.165) is 6.07 Å². The Labute approximate surface area is 161 Å². The van der Waals surface area contributed by atoms with Crippen LogP contribution in [-0.4, -0.2) is 20.9 Å². The molecule has 0 saturated carbocycles. The Bertz CT molecular complexity index is 1140. The first-order valence-electron chi connectivity index (χ1n) is 8.25. The number of aromatic amines is 1. The van der Waals surface area contributed by atoms with Crippen LogP contribution in [0.25, 0.3) is 22.4 Å². The molecule has 0 aliphatic heterocycles. The number of aromatic nitrogens is 3. The normalized spacial score (nSPS) is 11.7. The summed E-state index contributed by atoms with van der Waals surface area (Å²) in [5.74, 6) is -0.168. The smallest absolute Gasteiger partial charge is 0.338 e. The van der Waals surface area contributed by atoms with E-state index < -0.39 is 11.7 Å². The number of benzene rings is 2. The van der Waals surface area contributed by atoms with Gasteiger partial charge in [0.05, 0.1) is 23.0 Å². The van der Waals surface area contributed by atoms with Crippen LogP contribution in [-0.2, 0) is 17.4 Å². The Hall–Kier alpha value is -3.20. The van der Waals surface area contributed by atoms with Crippen molar-refractivity contribution in [3.63, 3.8) is 0 Å². The van der Waals surface area contributed by atoms with E-state index in [1.165, 1.54) is 29.5 Å². The number of carbonyl (C=O) groups excluding carboxylic acids is 1. The molecule has 142 valence electrons. The minimum atomic E-state index is -4.49. The lowest BCUT2D eigenvalue weighted by Crippen LogP contribution is -2.14. The van der Waals surface area contributed by atoms with E-state index in [2.05, 4.69) is 20.3 Å². The summed E-state index contributed by atoms with van der Waals surface area (Å²) in [5.41, 5.74) is 0.829. The maximum Gasteiger partial charge on any atom is 0.417 e. The number of carbonyl (C=O) groups is 1. The molecule has 5 nitrogen and oxygen atoms in total. The van der Waals surface area contributed by atoms with Gasteiger partial charge in [0.2, 0.25) is 5.91 Å². The van der Waals surface area contributed by atoms with Crippen LogP contribution in [0.4, 0.5) is 18.3 Å². The number of anilines is 1. The molecule has 0 aliphatic rings. The van der Waals surface area contributed by atoms with Crippen molar-refractivity contribution in [3.05, 3.63) is 65.2 Å². The molecular weight excluding hydrogens is 389 g/mol. The molecule has 0 unspecified atom stereocenters. The first-order chi connectivity index (χ1) is 13.4. The van der Waals surface area contributed by atoms with Crippen molar-refractivity contribution in [1.82, 2.24) is 15.0 Å². The molecule has 0 saturated heterocycles. The molecule has 2 N–H and O–H groups in total. The Morgan fingerprint density at radius 3 is 2.71 bits per heavy atom. The number of hydrogen-bond donors (Lipinski definition) is 2. The Kier molecular flexibility index (Phi) is 4.60. The summed E-state index contributed by atoms with van der Waals surface area (Å²) in [6.07, 6.45) is -2.88. The minimum Gasteiger partial charge on any atom is -0.338 e. The number of nitrogens with zero attached hydrogens (tertiary/aromatic N) is 2. The van der Waals surface area contributed by atoms with Crippen LogP contribution < -0.4 is 5.32 Å². The van der Waals surface area contributed by atoms with E-state index in [1.807, 2.05) is 0 Å². The number of rotatable bonds is 4. The number of hydrogen-bond acceptors (Lipinski definition) is 4. The molecule has 0 spiro atoms. The van der Waals surface area contributed by atoms with Gasteiger partial charge in [-0.2, -0.15) is 13.2 Å². The molecule has 0 fully saturated rings. The molecule has 2 aromatic heterocycles. The maximum atomic E-state index is 13.3. The average Bonchev–Trinajstić information content (AvgIpc) is 3.31. The molecule has 0 radical (unpaired) electrons. The second kappa shape index (κ2) is 7.08. The van der Waals surface area contributed by atoms with Crippen LogP contribution in [0, 0.1) is 0 Å². The van der Waals surface area contributed by atoms with Crippen molar-refractivity contribution in [3.8, 4) is 11.4 Å². The van der Waals surface area contributed by atoms with E-state index in [0.29, 0.717) is 21.7 Å². The minimum absolute atomic E-state index is 0.0299. The summed E-state index contributed by atoms with van der Waals surface area (Å²) >= 11 is 1.30. The first-order valence-corrected chi connectivity index (χ1v) is 9.13. The van der Waals surface area contributed by atoms with Gasteiger partial charge in [-0.1, -0.05) is 30.3 Å². The monoisotopic (exact) mass is 402 g/mol. The number of thiazole rings is 1. The summed E-state index contributed by atoms with van der Waals surface area (Å²) in [6.45, 7) is 0. The lowest BCUT2D eigenvalue weighted by Gasteiger charge is -2.10. The molecule has 1 amide bonds. The highest BCUT2D eigenvalue weighted by molar-refractivity contribution is 7.13. The quantitative estimate of drug-likeness (QED) is 0.511. The van der Waals surface area contributed by atoms with Crippen molar-refractivity contribution in [2.45, 2.75) is 12.6 Å². The van der Waals surface area contributed by atoms with E-state index in [4.69, 9.17) is 0 Å². The van der Waals surface area contributed by atoms with Crippen molar-refractivity contribution in [2.24, 2.45) is 0 Å². The van der Waals surface area contributed by atoms with Gasteiger partial charge in [-0.3, -0.25) is 4.79 Å². The third kappa shape index (κ3) is 3.61. The van der Waals surface area contributed by atoms with Crippen LogP contribution in [0.1, 0.15) is 11.1 Å². The number of amides is 1. The summed E-state index contributed by atoms with van der Waals surface area (Å²) in [7, 11) is 0. The Morgan fingerprint density at radius 1 is 1.14 bits per heavy atom. The molecular formula is C19H13F3N4OS. The molecule has 2 aromatic carbocycles. The fourth-order valence-corrected chi connectivity index (χ4v) is 3.47. The third-order valence-corrected chi connectivity index (χ3v) is 4.80. The standard InChI is InChI=1S/C19H13F3N4OS/c20-19(21,22)13-6-2-1-5-12(13)17-24-14-7-3-4-11(16(14)26-17)10-15(27)25-18-23-8-9-28-18/h1-9H,10H2,(H,24,26)(H,23,25,27). The predicted octanol–water partition coefficient (Wildman–Crippen LogP) is 4.89. The summed E-state index contributed by atoms with van der Waals surface area (Å²) < 4.78 is 40.0. The van der Waals surface area contributed by atoms with Gasteiger partial charge in [0.15, 0.2) is 5.13 Å². The van der Waals surface area contributed by atoms with Crippen LogP contribution in [0.15, 0.2) is 54.0 Å². The molecule has 9 heteroatoms. The highest BCUT2D eigenvalue weighted by Gasteiger charge is 2.34. The number of halogens is 3. The van der Waals surface area contributed by atoms with Crippen molar-refractivity contribution in [1.29, 1.82) is 0 Å². The predicted molar refractivity (Wildman–Crippen MR) is 101 cm³/mol. The van der Waals surface area contributed by atoms with E-state index >= 15 is 0 Å². The fourth-order valence-electron chi connectivity index (χ4n) is 2.92. The van der Waals surface area contributed by atoms with E-state index in [9.17, 15) is 18.0 Å². The number of imidazole rings is 1. The average molecular weight is 402 g/mol. The molecule has 28 heavy (non-hydrogen) atoms. The van der Waals surface area contributed by atoms with Gasteiger partial charge in [0.1, 0.15) is 5.82 Å². The zero-order chi connectivity index (χ0) is 19.7. The van der Waals surface area contributed by atoms with Crippen LogP contribution in [0.3, 0.4) is 0 Å². The zero-order valence-corrected chi connectivity index (χ0v) is 15.1. The highest BCUT2D eigenvalue weighted by Crippen LogP contribution is 2.36. The molecule has 4 rings (SSSR count). The SMILES string of the molecule is O=C(Cc1cccc2[nH]c(-c3ccccc3C(F)(F)F)nc12)Nc1nccs1. The molecule has 0 bridgehead atoms. The topological polar surface area (TPSA) is 70.7 Å². The number of fused-ring (bicyclic) bond motifs is 1. The van der Waals surface area contributed by atoms with Crippen LogP contribution in [0.2, 0.25) is 0 Å². The summed E-state index contributed by atoms with van der Waals surface area (Å²) in [6, 6.07) is 10.4. The fraction of sp³-hybridized carbons (Fsp3) is 0.105. The highest BCUT2D eigenvalue weighted by atomic mass is 32.1. The van der Waals surface area contributed by atoms with Gasteiger partial charge in [-0.05, 0) is 17.7 Å². The third-order valence-electron chi connectivity index (χ3n) is 4.11. The Morgan fingerprint density at radius 2 is 1.96 bits per heavy atom. The maximum absolute atomic E-state index is 13.3. The van der Waals surface area contributed by atoms with Gasteiger partial charge in [0.25, 0.3) is 0 Å². The zero-order valence-electron chi connectivity index (χ0n) is 14.2. The van der Waals surface area contributed by atoms with Crippen LogP contribution in [0.5, 0.6) is 0 Å². The van der Waals surface area contributed by atoms with E-state index in [-0.39, 0.29) is 23.7 Å². The first kappa shape index (κ1) is 18.2. The van der Waals surface area contributed by atoms with E-state index in [1.54, 1.807) is 29.8 Å². The van der Waals surface area contributed by atoms with Crippen molar-refractivity contribution in [2.75, 3.05) is 5.32 Å². The van der Waals surface area contributed by atoms with Crippen LogP contribution >= 0.6 is 11.3 Å². The largest absolute Gasteiger partial charge is 0.417 e. The lowest BCUT2D eigenvalue weighted by molar-refractivity contribution is -0.137. The second-order valence-electron chi connectivity index (χ2n) is 6.00. The molecule has 2 heterocycles. The molecule has 4 aromatic rings. The Balaban J connectivity index is 1.69. The lowest BCUT2D eigenvalue weighted by atomic mass is 10.1. The number of para-hydroxylation sites is 1. The number of H-pyrrole nitrogens is 1. The summed E-state index contributed by atoms with van der Waals surface area (Å²) in [5, 5.41) is 4.91. The summed E-state index contributed by atoms with van der Waals surface area (Å²) in [4.78, 5) is 23.5. The van der Waals surface area contributed by atoms with Gasteiger partial charge >= 0.3 is 6.18 Å². The number of alkyl halides is 3. The van der Waals surface area contributed by atoms with Crippen molar-refractivity contribution < 1.29 is 18.0 Å². The van der Waals surface area contributed by atoms with Gasteiger partial charge in [-0.25, -0.2) is 9.97 Å². The van der Waals surface area contributed by atoms with Gasteiger partial charge in [0, 0.05) is 17.1 Å². The van der Waals surface area contributed by atoms with Gasteiger partial charge < -0.3 is 10.3 Å². The molecule has 0 aliphatic carbocycles. The second-order valence-corrected chi connectivity index (χ2v) is 6.90. The van der Waals surface area contributed by atoms with Crippen molar-refractivity contribution >= 4 is 33.4 Å².